The number of carbonyl (C=O) groups is 1. The minimum Gasteiger partial charge on any atom is -0.381 e. The summed E-state index contributed by atoms with van der Waals surface area (Å²) in [6.45, 7) is 5.63. The van der Waals surface area contributed by atoms with Crippen molar-refractivity contribution in [2.75, 3.05) is 25.1 Å². The number of carbonyl (C=O) groups excluding carboxylic acids is 1. The molecule has 1 aliphatic heterocycles. The van der Waals surface area contributed by atoms with E-state index >= 15 is 0 Å². The molecule has 0 spiro atoms. The number of nitrogens with one attached hydrogen (secondary N) is 1. The van der Waals surface area contributed by atoms with E-state index in [4.69, 9.17) is 10.5 Å². The average Bonchev–Trinajstić information content (AvgIpc) is 2.38. The fourth-order valence-electron chi connectivity index (χ4n) is 2.60. The second-order valence-electron chi connectivity index (χ2n) is 5.43. The van der Waals surface area contributed by atoms with Gasteiger partial charge in [-0.05, 0) is 49.9 Å². The number of anilines is 1. The van der Waals surface area contributed by atoms with Crippen LogP contribution in [0.1, 0.15) is 24.0 Å². The monoisotopic (exact) mass is 262 g/mol. The Bertz CT molecular complexity index is 445. The van der Waals surface area contributed by atoms with Gasteiger partial charge >= 0.3 is 0 Å². The molecule has 0 aliphatic carbocycles. The maximum absolute atomic E-state index is 12.5. The molecule has 4 heteroatoms. The second kappa shape index (κ2) is 5.72. The van der Waals surface area contributed by atoms with E-state index in [9.17, 15) is 4.79 Å². The van der Waals surface area contributed by atoms with E-state index in [2.05, 4.69) is 11.4 Å². The molecule has 0 radical (unpaired) electrons. The van der Waals surface area contributed by atoms with Gasteiger partial charge < -0.3 is 15.8 Å². The van der Waals surface area contributed by atoms with Gasteiger partial charge in [0.15, 0.2) is 0 Å². The highest BCUT2D eigenvalue weighted by atomic mass is 16.5. The molecule has 104 valence electrons. The van der Waals surface area contributed by atoms with Gasteiger partial charge in [-0.1, -0.05) is 6.07 Å². The molecule has 0 aromatic heterocycles. The molecule has 1 heterocycles. The highest BCUT2D eigenvalue weighted by Gasteiger charge is 2.38. The van der Waals surface area contributed by atoms with Crippen LogP contribution in [-0.2, 0) is 9.53 Å². The van der Waals surface area contributed by atoms with E-state index in [0.29, 0.717) is 32.6 Å². The van der Waals surface area contributed by atoms with Gasteiger partial charge in [0.05, 0.1) is 5.41 Å². The van der Waals surface area contributed by atoms with E-state index in [1.54, 1.807) is 0 Å². The summed E-state index contributed by atoms with van der Waals surface area (Å²) in [5, 5.41) is 3.01. The van der Waals surface area contributed by atoms with Crippen LogP contribution in [0.2, 0.25) is 0 Å². The zero-order valence-corrected chi connectivity index (χ0v) is 11.7. The van der Waals surface area contributed by atoms with E-state index in [-0.39, 0.29) is 5.91 Å². The van der Waals surface area contributed by atoms with Crippen molar-refractivity contribution < 1.29 is 9.53 Å². The smallest absolute Gasteiger partial charge is 0.232 e. The molecular weight excluding hydrogens is 240 g/mol. The summed E-state index contributed by atoms with van der Waals surface area (Å²) in [6.07, 6.45) is 1.39. The number of benzene rings is 1. The Kier molecular flexibility index (Phi) is 4.22. The average molecular weight is 262 g/mol. The van der Waals surface area contributed by atoms with Crippen LogP contribution in [0.25, 0.3) is 0 Å². The molecule has 3 N–H and O–H groups in total. The van der Waals surface area contributed by atoms with Crippen molar-refractivity contribution >= 4 is 11.6 Å². The van der Waals surface area contributed by atoms with Crippen molar-refractivity contribution in [3.63, 3.8) is 0 Å². The van der Waals surface area contributed by atoms with Gasteiger partial charge in [0.1, 0.15) is 0 Å². The predicted octanol–water partition coefficient (Wildman–Crippen LogP) is 2.00. The first-order valence-electron chi connectivity index (χ1n) is 6.73. The molecule has 1 aliphatic rings. The number of amides is 1. The molecule has 19 heavy (non-hydrogen) atoms. The summed E-state index contributed by atoms with van der Waals surface area (Å²) in [5.74, 6) is 0.0169. The summed E-state index contributed by atoms with van der Waals surface area (Å²) < 4.78 is 5.33. The van der Waals surface area contributed by atoms with Crippen LogP contribution in [0.4, 0.5) is 5.69 Å². The maximum atomic E-state index is 12.5. The number of hydrogen-bond acceptors (Lipinski definition) is 3. The molecule has 1 aromatic carbocycles. The van der Waals surface area contributed by atoms with E-state index in [1.165, 1.54) is 0 Å². The van der Waals surface area contributed by atoms with Crippen LogP contribution in [0.15, 0.2) is 18.2 Å². The summed E-state index contributed by atoms with van der Waals surface area (Å²) in [7, 11) is 0. The Labute approximate surface area is 114 Å². The van der Waals surface area contributed by atoms with Crippen LogP contribution in [0, 0.1) is 19.3 Å². The third-order valence-corrected chi connectivity index (χ3v) is 3.80. The zero-order chi connectivity index (χ0) is 13.9. The Morgan fingerprint density at radius 3 is 2.37 bits per heavy atom. The Morgan fingerprint density at radius 1 is 1.26 bits per heavy atom. The Balaban J connectivity index is 2.14. The lowest BCUT2D eigenvalue weighted by molar-refractivity contribution is -0.130. The topological polar surface area (TPSA) is 64.4 Å². The molecule has 1 aromatic rings. The molecule has 1 saturated heterocycles. The van der Waals surface area contributed by atoms with Crippen LogP contribution in [-0.4, -0.2) is 25.7 Å². The lowest BCUT2D eigenvalue weighted by atomic mass is 9.79. The number of rotatable bonds is 3. The highest BCUT2D eigenvalue weighted by Crippen LogP contribution is 2.31. The number of aryl methyl sites for hydroxylation is 2. The zero-order valence-electron chi connectivity index (χ0n) is 11.7. The van der Waals surface area contributed by atoms with Gasteiger partial charge in [-0.2, -0.15) is 0 Å². The van der Waals surface area contributed by atoms with Crippen LogP contribution in [0.5, 0.6) is 0 Å². The SMILES string of the molecule is Cc1cc(C)cc(NC(=O)C2(CN)CCOCC2)c1. The van der Waals surface area contributed by atoms with Gasteiger partial charge in [-0.15, -0.1) is 0 Å². The van der Waals surface area contributed by atoms with Gasteiger partial charge in [0.2, 0.25) is 5.91 Å². The molecule has 0 saturated carbocycles. The molecule has 0 unspecified atom stereocenters. The fourth-order valence-corrected chi connectivity index (χ4v) is 2.60. The second-order valence-corrected chi connectivity index (χ2v) is 5.43. The van der Waals surface area contributed by atoms with Crippen molar-refractivity contribution in [1.29, 1.82) is 0 Å². The molecule has 0 atom stereocenters. The van der Waals surface area contributed by atoms with E-state index < -0.39 is 5.41 Å². The van der Waals surface area contributed by atoms with Crippen molar-refractivity contribution in [3.8, 4) is 0 Å². The van der Waals surface area contributed by atoms with Crippen molar-refractivity contribution in [1.82, 2.24) is 0 Å². The first-order chi connectivity index (χ1) is 9.05. The van der Waals surface area contributed by atoms with Gasteiger partial charge in [-0.25, -0.2) is 0 Å². The van der Waals surface area contributed by atoms with Crippen LogP contribution >= 0.6 is 0 Å². The molecule has 1 fully saturated rings. The third-order valence-electron chi connectivity index (χ3n) is 3.80. The van der Waals surface area contributed by atoms with E-state index in [1.807, 2.05) is 26.0 Å². The largest absolute Gasteiger partial charge is 0.381 e. The van der Waals surface area contributed by atoms with E-state index in [0.717, 1.165) is 16.8 Å². The molecule has 1 amide bonds. The highest BCUT2D eigenvalue weighted by molar-refractivity contribution is 5.95. The van der Waals surface area contributed by atoms with Gasteiger partial charge in [0, 0.05) is 25.4 Å². The van der Waals surface area contributed by atoms with Crippen LogP contribution < -0.4 is 11.1 Å². The lowest BCUT2D eigenvalue weighted by Gasteiger charge is -2.34. The maximum Gasteiger partial charge on any atom is 0.232 e. The van der Waals surface area contributed by atoms with Crippen molar-refractivity contribution in [3.05, 3.63) is 29.3 Å². The molecule has 0 bridgehead atoms. The van der Waals surface area contributed by atoms with Crippen molar-refractivity contribution in [2.24, 2.45) is 11.1 Å². The Hall–Kier alpha value is -1.39. The minimum absolute atomic E-state index is 0.0169. The fraction of sp³-hybridized carbons (Fsp3) is 0.533. The summed E-state index contributed by atoms with van der Waals surface area (Å²) in [5.41, 5.74) is 8.49. The summed E-state index contributed by atoms with van der Waals surface area (Å²) >= 11 is 0. The molecular formula is C15H22N2O2. The summed E-state index contributed by atoms with van der Waals surface area (Å²) in [4.78, 5) is 12.5. The molecule has 2 rings (SSSR count). The summed E-state index contributed by atoms with van der Waals surface area (Å²) in [6, 6.07) is 6.05. The van der Waals surface area contributed by atoms with Crippen LogP contribution in [0.3, 0.4) is 0 Å². The molecule has 4 nitrogen and oxygen atoms in total. The quantitative estimate of drug-likeness (QED) is 0.875. The number of hydrogen-bond donors (Lipinski definition) is 2. The normalized spacial score (nSPS) is 18.1. The first kappa shape index (κ1) is 14.0. The van der Waals surface area contributed by atoms with Gasteiger partial charge in [-0.3, -0.25) is 4.79 Å². The van der Waals surface area contributed by atoms with Gasteiger partial charge in [0.25, 0.3) is 0 Å². The minimum atomic E-state index is -0.476. The lowest BCUT2D eigenvalue weighted by Crippen LogP contribution is -2.46. The Morgan fingerprint density at radius 2 is 1.84 bits per heavy atom. The standard InChI is InChI=1S/C15H22N2O2/c1-11-7-12(2)9-13(8-11)17-14(18)15(10-16)3-5-19-6-4-15/h7-9H,3-6,10,16H2,1-2H3,(H,17,18). The van der Waals surface area contributed by atoms with Crippen molar-refractivity contribution in [2.45, 2.75) is 26.7 Å². The predicted molar refractivity (Wildman–Crippen MR) is 76.1 cm³/mol. The first-order valence-corrected chi connectivity index (χ1v) is 6.73. The third kappa shape index (κ3) is 3.14. The number of nitrogens with two attached hydrogens (primary N) is 1. The number of ether oxygens (including phenoxy) is 1.